The molecule has 5 nitrogen and oxygen atoms in total. The van der Waals surface area contributed by atoms with Gasteiger partial charge in [0.1, 0.15) is 22.7 Å². The standard InChI is InChI=1S/C13H16ClN3O2/c1-2-19-12(18)13(6-4-3-5-7-13)9-10(14)16-8-17-11(9)15/h3-4,8H,2,5-7H2,1H3,(H2,15,16,17). The SMILES string of the molecule is CCOC(=O)C1(c2c(N)ncnc2Cl)CC=CCC1. The summed E-state index contributed by atoms with van der Waals surface area (Å²) >= 11 is 6.13. The van der Waals surface area contributed by atoms with Crippen molar-refractivity contribution in [2.24, 2.45) is 0 Å². The van der Waals surface area contributed by atoms with Crippen LogP contribution in [-0.2, 0) is 14.9 Å². The molecule has 2 N–H and O–H groups in total. The van der Waals surface area contributed by atoms with Crippen molar-refractivity contribution in [2.45, 2.75) is 31.6 Å². The molecule has 0 saturated carbocycles. The number of nitrogen functional groups attached to an aromatic ring is 1. The molecule has 1 aromatic heterocycles. The highest BCUT2D eigenvalue weighted by atomic mass is 35.5. The Morgan fingerprint density at radius 3 is 2.89 bits per heavy atom. The van der Waals surface area contributed by atoms with E-state index in [1.807, 2.05) is 12.2 Å². The molecule has 1 unspecified atom stereocenters. The predicted molar refractivity (Wildman–Crippen MR) is 72.8 cm³/mol. The van der Waals surface area contributed by atoms with E-state index in [2.05, 4.69) is 9.97 Å². The second-order valence-corrected chi connectivity index (χ2v) is 4.80. The Bertz CT molecular complexity index is 498. The lowest BCUT2D eigenvalue weighted by molar-refractivity contribution is -0.150. The van der Waals surface area contributed by atoms with Crippen molar-refractivity contribution in [3.05, 3.63) is 29.2 Å². The van der Waals surface area contributed by atoms with Crippen LogP contribution in [0.2, 0.25) is 5.15 Å². The van der Waals surface area contributed by atoms with Crippen LogP contribution in [0, 0.1) is 0 Å². The molecule has 0 bridgehead atoms. The summed E-state index contributed by atoms with van der Waals surface area (Å²) in [5.41, 5.74) is 5.52. The number of nitrogens with zero attached hydrogens (tertiary/aromatic N) is 2. The lowest BCUT2D eigenvalue weighted by Gasteiger charge is -2.33. The number of rotatable bonds is 3. The molecule has 0 spiro atoms. The Kier molecular flexibility index (Phi) is 4.04. The number of aromatic nitrogens is 2. The van der Waals surface area contributed by atoms with Crippen LogP contribution in [0.25, 0.3) is 0 Å². The third-order valence-corrected chi connectivity index (χ3v) is 3.63. The molecular weight excluding hydrogens is 266 g/mol. The van der Waals surface area contributed by atoms with E-state index in [-0.39, 0.29) is 16.9 Å². The van der Waals surface area contributed by atoms with Gasteiger partial charge in [0.25, 0.3) is 0 Å². The van der Waals surface area contributed by atoms with E-state index in [9.17, 15) is 4.79 Å². The molecule has 6 heteroatoms. The van der Waals surface area contributed by atoms with Crippen LogP contribution in [0.4, 0.5) is 5.82 Å². The van der Waals surface area contributed by atoms with Crippen molar-refractivity contribution in [3.8, 4) is 0 Å². The maximum Gasteiger partial charge on any atom is 0.317 e. The number of halogens is 1. The quantitative estimate of drug-likeness (QED) is 0.522. The van der Waals surface area contributed by atoms with Gasteiger partial charge in [0.15, 0.2) is 0 Å². The highest BCUT2D eigenvalue weighted by Gasteiger charge is 2.45. The number of ether oxygens (including phenoxy) is 1. The van der Waals surface area contributed by atoms with Crippen LogP contribution in [0.3, 0.4) is 0 Å². The number of esters is 1. The minimum atomic E-state index is -0.868. The minimum Gasteiger partial charge on any atom is -0.465 e. The summed E-state index contributed by atoms with van der Waals surface area (Å²) < 4.78 is 5.21. The average Bonchev–Trinajstić information content (AvgIpc) is 2.40. The van der Waals surface area contributed by atoms with Crippen molar-refractivity contribution in [2.75, 3.05) is 12.3 Å². The molecule has 1 aliphatic rings. The number of allylic oxidation sites excluding steroid dienone is 2. The lowest BCUT2D eigenvalue weighted by atomic mass is 9.72. The number of hydrogen-bond acceptors (Lipinski definition) is 5. The van der Waals surface area contributed by atoms with Gasteiger partial charge in [-0.1, -0.05) is 23.8 Å². The number of carbonyl (C=O) groups excluding carboxylic acids is 1. The van der Waals surface area contributed by atoms with Crippen molar-refractivity contribution in [3.63, 3.8) is 0 Å². The van der Waals surface area contributed by atoms with E-state index in [0.29, 0.717) is 25.0 Å². The third kappa shape index (κ3) is 2.42. The summed E-state index contributed by atoms with van der Waals surface area (Å²) in [4.78, 5) is 20.3. The normalized spacial score (nSPS) is 22.2. The maximum absolute atomic E-state index is 12.4. The van der Waals surface area contributed by atoms with Crippen LogP contribution in [0.5, 0.6) is 0 Å². The van der Waals surface area contributed by atoms with E-state index < -0.39 is 5.41 Å². The van der Waals surface area contributed by atoms with Gasteiger partial charge in [0.2, 0.25) is 0 Å². The van der Waals surface area contributed by atoms with Gasteiger partial charge in [0, 0.05) is 5.56 Å². The predicted octanol–water partition coefficient (Wildman–Crippen LogP) is 2.25. The zero-order valence-electron chi connectivity index (χ0n) is 10.7. The molecule has 0 saturated heterocycles. The van der Waals surface area contributed by atoms with E-state index >= 15 is 0 Å². The number of carbonyl (C=O) groups is 1. The van der Waals surface area contributed by atoms with Gasteiger partial charge in [-0.15, -0.1) is 0 Å². The van der Waals surface area contributed by atoms with Gasteiger partial charge in [0.05, 0.1) is 6.61 Å². The zero-order chi connectivity index (χ0) is 13.9. The van der Waals surface area contributed by atoms with Crippen LogP contribution in [0.1, 0.15) is 31.7 Å². The van der Waals surface area contributed by atoms with Crippen molar-refractivity contribution in [1.29, 1.82) is 0 Å². The Morgan fingerprint density at radius 1 is 1.53 bits per heavy atom. The molecule has 0 radical (unpaired) electrons. The first-order valence-corrected chi connectivity index (χ1v) is 6.58. The van der Waals surface area contributed by atoms with Gasteiger partial charge in [-0.05, 0) is 26.2 Å². The van der Waals surface area contributed by atoms with Crippen molar-refractivity contribution < 1.29 is 9.53 Å². The van der Waals surface area contributed by atoms with Crippen molar-refractivity contribution in [1.82, 2.24) is 9.97 Å². The summed E-state index contributed by atoms with van der Waals surface area (Å²) in [6.45, 7) is 2.09. The Hall–Kier alpha value is -1.62. The monoisotopic (exact) mass is 281 g/mol. The molecule has 0 aliphatic heterocycles. The van der Waals surface area contributed by atoms with Crippen LogP contribution >= 0.6 is 11.6 Å². The zero-order valence-corrected chi connectivity index (χ0v) is 11.5. The van der Waals surface area contributed by atoms with Gasteiger partial charge >= 0.3 is 5.97 Å². The Morgan fingerprint density at radius 2 is 2.32 bits per heavy atom. The molecule has 0 fully saturated rings. The molecule has 19 heavy (non-hydrogen) atoms. The summed E-state index contributed by atoms with van der Waals surface area (Å²) in [6, 6.07) is 0. The summed E-state index contributed by atoms with van der Waals surface area (Å²) in [7, 11) is 0. The smallest absolute Gasteiger partial charge is 0.317 e. The first-order valence-electron chi connectivity index (χ1n) is 6.20. The first kappa shape index (κ1) is 13.8. The summed E-state index contributed by atoms with van der Waals surface area (Å²) in [5, 5.41) is 0.218. The van der Waals surface area contributed by atoms with E-state index in [1.165, 1.54) is 6.33 Å². The Balaban J connectivity index is 2.55. The largest absolute Gasteiger partial charge is 0.465 e. The second kappa shape index (κ2) is 5.57. The van der Waals surface area contributed by atoms with Crippen LogP contribution < -0.4 is 5.73 Å². The molecule has 1 aliphatic carbocycles. The molecule has 0 amide bonds. The highest BCUT2D eigenvalue weighted by molar-refractivity contribution is 6.30. The minimum absolute atomic E-state index is 0.218. The van der Waals surface area contributed by atoms with Gasteiger partial charge in [-0.25, -0.2) is 9.97 Å². The summed E-state index contributed by atoms with van der Waals surface area (Å²) in [6.07, 6.45) is 7.14. The van der Waals surface area contributed by atoms with Crippen LogP contribution in [0.15, 0.2) is 18.5 Å². The fourth-order valence-corrected chi connectivity index (χ4v) is 2.76. The molecule has 1 aromatic rings. The fourth-order valence-electron chi connectivity index (χ4n) is 2.44. The molecule has 1 heterocycles. The maximum atomic E-state index is 12.4. The molecule has 102 valence electrons. The topological polar surface area (TPSA) is 78.1 Å². The van der Waals surface area contributed by atoms with E-state index in [4.69, 9.17) is 22.1 Å². The fraction of sp³-hybridized carbons (Fsp3) is 0.462. The first-order chi connectivity index (χ1) is 9.12. The lowest BCUT2D eigenvalue weighted by Crippen LogP contribution is -2.39. The number of hydrogen-bond donors (Lipinski definition) is 1. The third-order valence-electron chi connectivity index (χ3n) is 3.35. The molecule has 0 aromatic carbocycles. The second-order valence-electron chi connectivity index (χ2n) is 4.44. The number of anilines is 1. The molecular formula is C13H16ClN3O2. The average molecular weight is 282 g/mol. The molecule has 1 atom stereocenters. The van der Waals surface area contributed by atoms with Gasteiger partial charge in [-0.3, -0.25) is 4.79 Å². The highest BCUT2D eigenvalue weighted by Crippen LogP contribution is 2.42. The van der Waals surface area contributed by atoms with Crippen molar-refractivity contribution >= 4 is 23.4 Å². The van der Waals surface area contributed by atoms with Gasteiger partial charge < -0.3 is 10.5 Å². The van der Waals surface area contributed by atoms with Gasteiger partial charge in [-0.2, -0.15) is 0 Å². The van der Waals surface area contributed by atoms with E-state index in [1.54, 1.807) is 6.92 Å². The Labute approximate surface area is 116 Å². The molecule has 2 rings (SSSR count). The summed E-state index contributed by atoms with van der Waals surface area (Å²) in [5.74, 6) is -0.0777. The number of nitrogens with two attached hydrogens (primary N) is 1. The van der Waals surface area contributed by atoms with E-state index in [0.717, 1.165) is 6.42 Å². The van der Waals surface area contributed by atoms with Crippen LogP contribution in [-0.4, -0.2) is 22.5 Å².